The highest BCUT2D eigenvalue weighted by Gasteiger charge is 2.34. The van der Waals surface area contributed by atoms with Crippen LogP contribution in [0.2, 0.25) is 0 Å². The fraction of sp³-hybridized carbons (Fsp3) is 0.125. The van der Waals surface area contributed by atoms with Gasteiger partial charge in [-0.1, -0.05) is 18.2 Å². The second-order valence-electron chi connectivity index (χ2n) is 4.80. The van der Waals surface area contributed by atoms with E-state index in [9.17, 15) is 18.0 Å². The van der Waals surface area contributed by atoms with Gasteiger partial charge in [-0.25, -0.2) is 4.98 Å². The molecule has 118 valence electrons. The quantitative estimate of drug-likeness (QED) is 0.744. The van der Waals surface area contributed by atoms with Crippen molar-refractivity contribution in [3.05, 3.63) is 76.3 Å². The summed E-state index contributed by atoms with van der Waals surface area (Å²) in [5.41, 5.74) is -0.517. The van der Waals surface area contributed by atoms with E-state index in [1.54, 1.807) is 24.4 Å². The molecule has 0 bridgehead atoms. The highest BCUT2D eigenvalue weighted by Crippen LogP contribution is 2.36. The zero-order chi connectivity index (χ0) is 16.4. The van der Waals surface area contributed by atoms with Gasteiger partial charge in [-0.15, -0.1) is 0 Å². The minimum absolute atomic E-state index is 0.228. The summed E-state index contributed by atoms with van der Waals surface area (Å²) in [6.45, 7) is -0.228. The van der Waals surface area contributed by atoms with E-state index in [-0.39, 0.29) is 23.6 Å². The number of halogens is 3. The first-order chi connectivity index (χ1) is 10.9. The Kier molecular flexibility index (Phi) is 3.77. The molecule has 0 N–H and O–H groups in total. The van der Waals surface area contributed by atoms with E-state index < -0.39 is 11.7 Å². The fourth-order valence-corrected chi connectivity index (χ4v) is 2.16. The SMILES string of the molecule is O=c1cc(COc2ccccc2C(F)(F)F)nc2ccccn12. The van der Waals surface area contributed by atoms with Crippen LogP contribution in [0.3, 0.4) is 0 Å². The Hall–Kier alpha value is -2.83. The van der Waals surface area contributed by atoms with E-state index in [2.05, 4.69) is 4.98 Å². The van der Waals surface area contributed by atoms with E-state index in [0.29, 0.717) is 5.65 Å². The van der Waals surface area contributed by atoms with Crippen molar-refractivity contribution >= 4 is 5.65 Å². The Morgan fingerprint density at radius 1 is 1.09 bits per heavy atom. The number of aromatic nitrogens is 2. The number of para-hydroxylation sites is 1. The molecule has 2 aromatic heterocycles. The van der Waals surface area contributed by atoms with Crippen LogP contribution in [0.1, 0.15) is 11.3 Å². The number of nitrogens with zero attached hydrogens (tertiary/aromatic N) is 2. The zero-order valence-electron chi connectivity index (χ0n) is 11.7. The van der Waals surface area contributed by atoms with Gasteiger partial charge < -0.3 is 4.74 Å². The van der Waals surface area contributed by atoms with E-state index in [1.807, 2.05) is 0 Å². The zero-order valence-corrected chi connectivity index (χ0v) is 11.7. The van der Waals surface area contributed by atoms with Crippen molar-refractivity contribution in [3.63, 3.8) is 0 Å². The van der Waals surface area contributed by atoms with Crippen molar-refractivity contribution in [1.82, 2.24) is 9.38 Å². The molecule has 7 heteroatoms. The van der Waals surface area contributed by atoms with E-state index in [4.69, 9.17) is 4.74 Å². The fourth-order valence-electron chi connectivity index (χ4n) is 2.16. The van der Waals surface area contributed by atoms with Crippen molar-refractivity contribution < 1.29 is 17.9 Å². The van der Waals surface area contributed by atoms with Gasteiger partial charge >= 0.3 is 6.18 Å². The molecule has 0 unspecified atom stereocenters. The molecule has 3 rings (SSSR count). The topological polar surface area (TPSA) is 43.6 Å². The van der Waals surface area contributed by atoms with E-state index in [0.717, 1.165) is 6.07 Å². The highest BCUT2D eigenvalue weighted by atomic mass is 19.4. The maximum Gasteiger partial charge on any atom is 0.419 e. The summed E-state index contributed by atoms with van der Waals surface area (Å²) in [5, 5.41) is 0. The van der Waals surface area contributed by atoms with Crippen LogP contribution < -0.4 is 10.3 Å². The molecule has 0 saturated heterocycles. The molecule has 1 aromatic carbocycles. The lowest BCUT2D eigenvalue weighted by molar-refractivity contribution is -0.139. The van der Waals surface area contributed by atoms with Crippen molar-refractivity contribution in [2.75, 3.05) is 0 Å². The Labute approximate surface area is 128 Å². The molecule has 0 aliphatic rings. The molecule has 4 nitrogen and oxygen atoms in total. The van der Waals surface area contributed by atoms with Crippen LogP contribution in [0.5, 0.6) is 5.75 Å². The first-order valence-electron chi connectivity index (χ1n) is 6.71. The molecular weight excluding hydrogens is 309 g/mol. The Morgan fingerprint density at radius 3 is 2.61 bits per heavy atom. The van der Waals surface area contributed by atoms with Crippen LogP contribution in [0.25, 0.3) is 5.65 Å². The Morgan fingerprint density at radius 2 is 1.83 bits per heavy atom. The minimum atomic E-state index is -4.51. The molecular formula is C16H11F3N2O2. The van der Waals surface area contributed by atoms with Crippen LogP contribution in [0, 0.1) is 0 Å². The third kappa shape index (κ3) is 3.18. The maximum atomic E-state index is 12.9. The number of ether oxygens (including phenoxy) is 1. The predicted molar refractivity (Wildman–Crippen MR) is 77.2 cm³/mol. The Bertz CT molecular complexity index is 903. The lowest BCUT2D eigenvalue weighted by Crippen LogP contribution is -2.16. The van der Waals surface area contributed by atoms with Crippen molar-refractivity contribution in [1.29, 1.82) is 0 Å². The summed E-state index contributed by atoms with van der Waals surface area (Å²) in [6.07, 6.45) is -2.94. The third-order valence-corrected chi connectivity index (χ3v) is 3.19. The summed E-state index contributed by atoms with van der Waals surface area (Å²) in [4.78, 5) is 16.1. The molecule has 3 aromatic rings. The second-order valence-corrected chi connectivity index (χ2v) is 4.80. The lowest BCUT2D eigenvalue weighted by atomic mass is 10.2. The summed E-state index contributed by atoms with van der Waals surface area (Å²) in [7, 11) is 0. The average molecular weight is 320 g/mol. The number of benzene rings is 1. The van der Waals surface area contributed by atoms with Crippen LogP contribution in [-0.2, 0) is 12.8 Å². The number of hydrogen-bond acceptors (Lipinski definition) is 3. The molecule has 0 amide bonds. The summed E-state index contributed by atoms with van der Waals surface area (Å²) in [5.74, 6) is -0.296. The smallest absolute Gasteiger partial charge is 0.419 e. The van der Waals surface area contributed by atoms with Crippen molar-refractivity contribution in [2.45, 2.75) is 12.8 Å². The van der Waals surface area contributed by atoms with Gasteiger partial charge in [0, 0.05) is 12.3 Å². The largest absolute Gasteiger partial charge is 0.487 e. The van der Waals surface area contributed by atoms with Crippen molar-refractivity contribution in [3.8, 4) is 5.75 Å². The summed E-state index contributed by atoms with van der Waals surface area (Å²) < 4.78 is 45.3. The first-order valence-corrected chi connectivity index (χ1v) is 6.71. The lowest BCUT2D eigenvalue weighted by Gasteiger charge is -2.13. The second kappa shape index (κ2) is 5.75. The van der Waals surface area contributed by atoms with Crippen LogP contribution >= 0.6 is 0 Å². The molecule has 0 aliphatic carbocycles. The van der Waals surface area contributed by atoms with Gasteiger partial charge in [0.1, 0.15) is 18.0 Å². The Balaban J connectivity index is 1.89. The number of alkyl halides is 3. The van der Waals surface area contributed by atoms with Crippen LogP contribution in [-0.4, -0.2) is 9.38 Å². The summed E-state index contributed by atoms with van der Waals surface area (Å²) in [6, 6.07) is 11.2. The van der Waals surface area contributed by atoms with Gasteiger partial charge in [0.2, 0.25) is 0 Å². The van der Waals surface area contributed by atoms with Gasteiger partial charge in [-0.05, 0) is 24.3 Å². The minimum Gasteiger partial charge on any atom is -0.487 e. The monoisotopic (exact) mass is 320 g/mol. The number of hydrogen-bond donors (Lipinski definition) is 0. The van der Waals surface area contributed by atoms with E-state index >= 15 is 0 Å². The molecule has 0 atom stereocenters. The van der Waals surface area contributed by atoms with Gasteiger partial charge in [-0.3, -0.25) is 9.20 Å². The standard InChI is InChI=1S/C16H11F3N2O2/c17-16(18,19)12-5-1-2-6-13(12)23-10-11-9-15(22)21-8-4-3-7-14(21)20-11/h1-9H,10H2. The van der Waals surface area contributed by atoms with Crippen LogP contribution in [0.15, 0.2) is 59.5 Å². The maximum absolute atomic E-state index is 12.9. The molecule has 0 saturated carbocycles. The number of fused-ring (bicyclic) bond motifs is 1. The molecule has 0 fully saturated rings. The molecule has 0 spiro atoms. The number of pyridine rings is 1. The molecule has 0 radical (unpaired) electrons. The van der Waals surface area contributed by atoms with Gasteiger partial charge in [-0.2, -0.15) is 13.2 Å². The first kappa shape index (κ1) is 15.1. The molecule has 0 aliphatic heterocycles. The number of rotatable bonds is 3. The van der Waals surface area contributed by atoms with Gasteiger partial charge in [0.15, 0.2) is 0 Å². The van der Waals surface area contributed by atoms with Crippen molar-refractivity contribution in [2.24, 2.45) is 0 Å². The highest BCUT2D eigenvalue weighted by molar-refractivity contribution is 5.38. The van der Waals surface area contributed by atoms with Crippen LogP contribution in [0.4, 0.5) is 13.2 Å². The summed E-state index contributed by atoms with van der Waals surface area (Å²) >= 11 is 0. The van der Waals surface area contributed by atoms with Gasteiger partial charge in [0.05, 0.1) is 11.3 Å². The molecule has 2 heterocycles. The normalized spacial score (nSPS) is 11.6. The predicted octanol–water partition coefficient (Wildman–Crippen LogP) is 3.29. The third-order valence-electron chi connectivity index (χ3n) is 3.19. The average Bonchev–Trinajstić information content (AvgIpc) is 2.52. The van der Waals surface area contributed by atoms with Gasteiger partial charge in [0.25, 0.3) is 5.56 Å². The molecule has 23 heavy (non-hydrogen) atoms. The van der Waals surface area contributed by atoms with E-state index in [1.165, 1.54) is 28.7 Å².